The number of amides is 2. The molecular weight excluding hydrogens is 328 g/mol. The molecule has 1 unspecified atom stereocenters. The lowest BCUT2D eigenvalue weighted by atomic mass is 10.2. The van der Waals surface area contributed by atoms with Gasteiger partial charge in [0.1, 0.15) is 12.7 Å². The average molecular weight is 352 g/mol. The van der Waals surface area contributed by atoms with Crippen LogP contribution in [0.15, 0.2) is 24.3 Å². The van der Waals surface area contributed by atoms with Crippen molar-refractivity contribution in [3.05, 3.63) is 24.3 Å². The second kappa shape index (κ2) is 9.85. The topological polar surface area (TPSA) is 86.3 Å². The van der Waals surface area contributed by atoms with E-state index in [1.165, 1.54) is 19.1 Å². The molecule has 8 heteroatoms. The predicted molar refractivity (Wildman–Crippen MR) is 89.7 cm³/mol. The number of ether oxygens (including phenoxy) is 4. The lowest BCUT2D eigenvalue weighted by Crippen LogP contribution is -2.48. The van der Waals surface area contributed by atoms with Crippen molar-refractivity contribution in [3.8, 4) is 11.5 Å². The summed E-state index contributed by atoms with van der Waals surface area (Å²) in [6.45, 7) is 1.83. The van der Waals surface area contributed by atoms with Crippen LogP contribution in [0.5, 0.6) is 11.5 Å². The molecule has 138 valence electrons. The monoisotopic (exact) mass is 352 g/mol. The van der Waals surface area contributed by atoms with E-state index in [4.69, 9.17) is 18.9 Å². The molecule has 1 aliphatic heterocycles. The molecule has 1 aromatic rings. The minimum atomic E-state index is -0.685. The van der Waals surface area contributed by atoms with Crippen LogP contribution < -0.4 is 14.8 Å². The molecule has 1 heterocycles. The summed E-state index contributed by atoms with van der Waals surface area (Å²) < 4.78 is 21.3. The number of methoxy groups -OCH3 is 2. The van der Waals surface area contributed by atoms with Gasteiger partial charge in [-0.2, -0.15) is 0 Å². The largest absolute Gasteiger partial charge is 0.486 e. The van der Waals surface area contributed by atoms with E-state index in [1.807, 2.05) is 18.2 Å². The number of benzene rings is 1. The van der Waals surface area contributed by atoms with Gasteiger partial charge in [0.15, 0.2) is 11.5 Å². The third-order valence-electron chi connectivity index (χ3n) is 3.67. The van der Waals surface area contributed by atoms with E-state index in [9.17, 15) is 9.59 Å². The van der Waals surface area contributed by atoms with Gasteiger partial charge in [-0.3, -0.25) is 9.59 Å². The quantitative estimate of drug-likeness (QED) is 0.666. The minimum absolute atomic E-state index is 0.182. The maximum absolute atomic E-state index is 12.3. The molecular formula is C17H24N2O6. The van der Waals surface area contributed by atoms with Crippen molar-refractivity contribution in [1.82, 2.24) is 10.2 Å². The highest BCUT2D eigenvalue weighted by atomic mass is 16.6. The van der Waals surface area contributed by atoms with Gasteiger partial charge in [-0.1, -0.05) is 12.1 Å². The molecule has 1 aromatic carbocycles. The van der Waals surface area contributed by atoms with E-state index in [1.54, 1.807) is 6.07 Å². The molecule has 25 heavy (non-hydrogen) atoms. The zero-order valence-electron chi connectivity index (χ0n) is 14.5. The van der Waals surface area contributed by atoms with Gasteiger partial charge >= 0.3 is 11.8 Å². The number of para-hydroxylation sites is 2. The molecule has 0 saturated carbocycles. The van der Waals surface area contributed by atoms with E-state index in [0.717, 1.165) is 0 Å². The van der Waals surface area contributed by atoms with Gasteiger partial charge in [-0.15, -0.1) is 0 Å². The molecule has 0 radical (unpaired) electrons. The highest BCUT2D eigenvalue weighted by molar-refractivity contribution is 6.35. The van der Waals surface area contributed by atoms with Crippen molar-refractivity contribution >= 4 is 11.8 Å². The molecule has 0 bridgehead atoms. The van der Waals surface area contributed by atoms with Crippen LogP contribution in [-0.4, -0.2) is 76.5 Å². The molecule has 0 aliphatic carbocycles. The second-order valence-corrected chi connectivity index (χ2v) is 5.49. The number of nitrogens with zero attached hydrogens (tertiary/aromatic N) is 1. The summed E-state index contributed by atoms with van der Waals surface area (Å²) in [5, 5.41) is 2.60. The number of nitrogens with one attached hydrogen (secondary N) is 1. The summed E-state index contributed by atoms with van der Waals surface area (Å²) in [4.78, 5) is 25.8. The molecule has 8 nitrogen and oxygen atoms in total. The zero-order valence-corrected chi connectivity index (χ0v) is 14.5. The van der Waals surface area contributed by atoms with Crippen LogP contribution in [0.4, 0.5) is 0 Å². The molecule has 1 atom stereocenters. The first kappa shape index (κ1) is 19.0. The lowest BCUT2D eigenvalue weighted by Gasteiger charge is -2.27. The third-order valence-corrected chi connectivity index (χ3v) is 3.67. The Morgan fingerprint density at radius 3 is 2.44 bits per heavy atom. The minimum Gasteiger partial charge on any atom is -0.486 e. The maximum Gasteiger partial charge on any atom is 0.312 e. The van der Waals surface area contributed by atoms with E-state index >= 15 is 0 Å². The predicted octanol–water partition coefficient (Wildman–Crippen LogP) is 0.0640. The van der Waals surface area contributed by atoms with Crippen molar-refractivity contribution < 1.29 is 28.5 Å². The van der Waals surface area contributed by atoms with Gasteiger partial charge in [0, 0.05) is 27.3 Å². The summed E-state index contributed by atoms with van der Waals surface area (Å²) in [5.41, 5.74) is 0. The maximum atomic E-state index is 12.3. The number of carbonyl (C=O) groups is 2. The van der Waals surface area contributed by atoms with Crippen LogP contribution in [0.1, 0.15) is 0 Å². The summed E-state index contributed by atoms with van der Waals surface area (Å²) in [6, 6.07) is 7.32. The summed E-state index contributed by atoms with van der Waals surface area (Å²) in [5.74, 6) is -0.00602. The number of carbonyl (C=O) groups excluding carboxylic acids is 2. The smallest absolute Gasteiger partial charge is 0.312 e. The summed E-state index contributed by atoms with van der Waals surface area (Å²) >= 11 is 0. The van der Waals surface area contributed by atoms with E-state index in [0.29, 0.717) is 44.4 Å². The molecule has 1 aliphatic rings. The van der Waals surface area contributed by atoms with Crippen LogP contribution in [-0.2, 0) is 19.1 Å². The summed E-state index contributed by atoms with van der Waals surface area (Å²) in [6.07, 6.45) is -0.349. The van der Waals surface area contributed by atoms with Crippen LogP contribution in [0.25, 0.3) is 0 Å². The standard InChI is InChI=1S/C17H24N2O6/c1-22-9-7-19(8-10-23-2)17(21)16(20)18-11-13-12-24-14-5-3-4-6-15(14)25-13/h3-6,13H,7-12H2,1-2H3,(H,18,20). The number of hydrogen-bond donors (Lipinski definition) is 1. The first-order valence-electron chi connectivity index (χ1n) is 8.09. The van der Waals surface area contributed by atoms with Crippen molar-refractivity contribution in [1.29, 1.82) is 0 Å². The van der Waals surface area contributed by atoms with Crippen LogP contribution in [0.3, 0.4) is 0 Å². The first-order valence-corrected chi connectivity index (χ1v) is 8.09. The normalized spacial score (nSPS) is 15.5. The second-order valence-electron chi connectivity index (χ2n) is 5.49. The average Bonchev–Trinajstić information content (AvgIpc) is 2.65. The Hall–Kier alpha value is -2.32. The van der Waals surface area contributed by atoms with Gasteiger partial charge in [-0.05, 0) is 12.1 Å². The van der Waals surface area contributed by atoms with Crippen LogP contribution >= 0.6 is 0 Å². The molecule has 0 aromatic heterocycles. The van der Waals surface area contributed by atoms with Crippen LogP contribution in [0.2, 0.25) is 0 Å². The van der Waals surface area contributed by atoms with E-state index in [-0.39, 0.29) is 12.6 Å². The van der Waals surface area contributed by atoms with Crippen molar-refractivity contribution in [2.75, 3.05) is 53.7 Å². The zero-order chi connectivity index (χ0) is 18.1. The SMILES string of the molecule is COCCN(CCOC)C(=O)C(=O)NCC1COc2ccccc2O1. The Kier molecular flexibility index (Phi) is 7.49. The Labute approximate surface area is 147 Å². The first-order chi connectivity index (χ1) is 12.2. The molecule has 0 fully saturated rings. The number of fused-ring (bicyclic) bond motifs is 1. The molecule has 0 spiro atoms. The molecule has 0 saturated heterocycles. The Bertz CT molecular complexity index is 572. The van der Waals surface area contributed by atoms with Crippen LogP contribution in [0, 0.1) is 0 Å². The van der Waals surface area contributed by atoms with Crippen molar-refractivity contribution in [2.45, 2.75) is 6.10 Å². The van der Waals surface area contributed by atoms with Gasteiger partial charge in [-0.25, -0.2) is 0 Å². The number of hydrogen-bond acceptors (Lipinski definition) is 6. The van der Waals surface area contributed by atoms with E-state index in [2.05, 4.69) is 5.32 Å². The van der Waals surface area contributed by atoms with Gasteiger partial charge < -0.3 is 29.2 Å². The lowest BCUT2D eigenvalue weighted by molar-refractivity contribution is -0.146. The fraction of sp³-hybridized carbons (Fsp3) is 0.529. The Balaban J connectivity index is 1.83. The highest BCUT2D eigenvalue weighted by Crippen LogP contribution is 2.30. The fourth-order valence-electron chi connectivity index (χ4n) is 2.31. The van der Waals surface area contributed by atoms with Gasteiger partial charge in [0.25, 0.3) is 0 Å². The third kappa shape index (κ3) is 5.61. The van der Waals surface area contributed by atoms with Crippen molar-refractivity contribution in [3.63, 3.8) is 0 Å². The molecule has 2 amide bonds. The highest BCUT2D eigenvalue weighted by Gasteiger charge is 2.25. The number of rotatable bonds is 8. The fourth-order valence-corrected chi connectivity index (χ4v) is 2.31. The Morgan fingerprint density at radius 1 is 1.16 bits per heavy atom. The van der Waals surface area contributed by atoms with Gasteiger partial charge in [0.05, 0.1) is 19.8 Å². The molecule has 1 N–H and O–H groups in total. The van der Waals surface area contributed by atoms with E-state index < -0.39 is 11.8 Å². The Morgan fingerprint density at radius 2 is 1.80 bits per heavy atom. The van der Waals surface area contributed by atoms with Crippen molar-refractivity contribution in [2.24, 2.45) is 0 Å². The molecule has 2 rings (SSSR count). The summed E-state index contributed by atoms with van der Waals surface area (Å²) in [7, 11) is 3.08. The van der Waals surface area contributed by atoms with Gasteiger partial charge in [0.2, 0.25) is 0 Å².